The lowest BCUT2D eigenvalue weighted by Crippen LogP contribution is -2.39. The number of anilines is 2. The number of amides is 1. The fourth-order valence-corrected chi connectivity index (χ4v) is 3.93. The van der Waals surface area contributed by atoms with Crippen molar-refractivity contribution in [2.45, 2.75) is 33.6 Å². The van der Waals surface area contributed by atoms with E-state index in [-0.39, 0.29) is 18.4 Å². The van der Waals surface area contributed by atoms with Crippen molar-refractivity contribution < 1.29 is 13.2 Å². The molecule has 1 aromatic carbocycles. The second kappa shape index (κ2) is 8.08. The number of sulfonamides is 1. The van der Waals surface area contributed by atoms with E-state index in [1.165, 1.54) is 10.6 Å². The fourth-order valence-electron chi connectivity index (χ4n) is 2.94. The normalized spacial score (nSPS) is 14.2. The highest BCUT2D eigenvalue weighted by atomic mass is 32.2. The van der Waals surface area contributed by atoms with E-state index in [4.69, 9.17) is 0 Å². The van der Waals surface area contributed by atoms with Crippen LogP contribution in [0.4, 0.5) is 11.4 Å². The van der Waals surface area contributed by atoms with Gasteiger partial charge in [-0.05, 0) is 57.4 Å². The summed E-state index contributed by atoms with van der Waals surface area (Å²) in [5.41, 5.74) is 2.66. The molecule has 0 heterocycles. The maximum absolute atomic E-state index is 12.2. The van der Waals surface area contributed by atoms with Crippen LogP contribution in [0.15, 0.2) is 18.2 Å². The van der Waals surface area contributed by atoms with E-state index in [2.05, 4.69) is 24.1 Å². The summed E-state index contributed by atoms with van der Waals surface area (Å²) in [7, 11) is -3.42. The maximum atomic E-state index is 12.2. The Labute approximate surface area is 151 Å². The molecule has 0 radical (unpaired) electrons. The average molecular weight is 368 g/mol. The standard InChI is InChI=1S/C18H29N3O3S/c1-5-20(6-2)16-9-10-17(14(3)13-16)21(25(4,23)24)12-11-19-18(22)15-7-8-15/h9-10,13,15H,5-8,11-12H2,1-4H3,(H,19,22). The van der Waals surface area contributed by atoms with Gasteiger partial charge in [-0.15, -0.1) is 0 Å². The first-order valence-electron chi connectivity index (χ1n) is 8.89. The van der Waals surface area contributed by atoms with Crippen molar-refractivity contribution in [3.8, 4) is 0 Å². The van der Waals surface area contributed by atoms with Gasteiger partial charge >= 0.3 is 0 Å². The summed E-state index contributed by atoms with van der Waals surface area (Å²) in [6.07, 6.45) is 3.08. The molecule has 0 aromatic heterocycles. The number of hydrogen-bond donors (Lipinski definition) is 1. The molecule has 0 bridgehead atoms. The number of hydrogen-bond acceptors (Lipinski definition) is 4. The van der Waals surface area contributed by atoms with Crippen LogP contribution in [0.3, 0.4) is 0 Å². The molecule has 0 atom stereocenters. The highest BCUT2D eigenvalue weighted by molar-refractivity contribution is 7.92. The summed E-state index contributed by atoms with van der Waals surface area (Å²) in [5, 5.41) is 2.83. The number of nitrogens with zero attached hydrogens (tertiary/aromatic N) is 2. The lowest BCUT2D eigenvalue weighted by Gasteiger charge is -2.27. The topological polar surface area (TPSA) is 69.7 Å². The number of aryl methyl sites for hydroxylation is 1. The molecule has 0 unspecified atom stereocenters. The van der Waals surface area contributed by atoms with Crippen LogP contribution < -0.4 is 14.5 Å². The van der Waals surface area contributed by atoms with Gasteiger partial charge in [0.2, 0.25) is 15.9 Å². The van der Waals surface area contributed by atoms with E-state index in [9.17, 15) is 13.2 Å². The van der Waals surface area contributed by atoms with Crippen LogP contribution in [-0.2, 0) is 14.8 Å². The predicted octanol–water partition coefficient (Wildman–Crippen LogP) is 2.13. The van der Waals surface area contributed by atoms with Gasteiger partial charge in [0.1, 0.15) is 0 Å². The molecule has 1 aliphatic rings. The summed E-state index contributed by atoms with van der Waals surface area (Å²) in [6, 6.07) is 5.83. The molecule has 1 aromatic rings. The lowest BCUT2D eigenvalue weighted by molar-refractivity contribution is -0.122. The van der Waals surface area contributed by atoms with Gasteiger partial charge in [0.05, 0.1) is 18.5 Å². The molecule has 140 valence electrons. The van der Waals surface area contributed by atoms with Crippen molar-refractivity contribution in [3.05, 3.63) is 23.8 Å². The Balaban J connectivity index is 2.15. The summed E-state index contributed by atoms with van der Waals surface area (Å²) < 4.78 is 25.9. The van der Waals surface area contributed by atoms with Crippen LogP contribution >= 0.6 is 0 Å². The third kappa shape index (κ3) is 5.11. The molecule has 0 aliphatic heterocycles. The Hall–Kier alpha value is -1.76. The van der Waals surface area contributed by atoms with Crippen molar-refractivity contribution in [2.24, 2.45) is 5.92 Å². The summed E-state index contributed by atoms with van der Waals surface area (Å²) >= 11 is 0. The molecule has 1 aliphatic carbocycles. The van der Waals surface area contributed by atoms with Gasteiger partial charge < -0.3 is 10.2 Å². The molecule has 1 amide bonds. The first kappa shape index (κ1) is 19.6. The fraction of sp³-hybridized carbons (Fsp3) is 0.611. The van der Waals surface area contributed by atoms with E-state index in [1.54, 1.807) is 0 Å². The molecular weight excluding hydrogens is 338 g/mol. The summed E-state index contributed by atoms with van der Waals surface area (Å²) in [5.74, 6) is 0.156. The molecule has 0 saturated heterocycles. The molecule has 1 fully saturated rings. The number of benzene rings is 1. The Morgan fingerprint density at radius 3 is 2.36 bits per heavy atom. The van der Waals surface area contributed by atoms with Crippen molar-refractivity contribution in [3.63, 3.8) is 0 Å². The van der Waals surface area contributed by atoms with E-state index in [1.807, 2.05) is 25.1 Å². The van der Waals surface area contributed by atoms with Gasteiger partial charge in [0, 0.05) is 31.2 Å². The highest BCUT2D eigenvalue weighted by Crippen LogP contribution is 2.29. The van der Waals surface area contributed by atoms with Crippen LogP contribution in [0.1, 0.15) is 32.3 Å². The zero-order chi connectivity index (χ0) is 18.6. The largest absolute Gasteiger partial charge is 0.372 e. The van der Waals surface area contributed by atoms with Crippen LogP contribution in [0.2, 0.25) is 0 Å². The average Bonchev–Trinajstić information content (AvgIpc) is 3.37. The second-order valence-electron chi connectivity index (χ2n) is 6.54. The van der Waals surface area contributed by atoms with E-state index in [0.717, 1.165) is 37.2 Å². The number of carbonyl (C=O) groups excluding carboxylic acids is 1. The second-order valence-corrected chi connectivity index (χ2v) is 8.45. The minimum absolute atomic E-state index is 0.0297. The number of rotatable bonds is 9. The van der Waals surface area contributed by atoms with Gasteiger partial charge in [-0.3, -0.25) is 9.10 Å². The van der Waals surface area contributed by atoms with Crippen LogP contribution in [0.5, 0.6) is 0 Å². The monoisotopic (exact) mass is 367 g/mol. The minimum Gasteiger partial charge on any atom is -0.372 e. The Morgan fingerprint density at radius 2 is 1.88 bits per heavy atom. The van der Waals surface area contributed by atoms with Gasteiger partial charge in [0.25, 0.3) is 0 Å². The molecule has 1 N–H and O–H groups in total. The quantitative estimate of drug-likeness (QED) is 0.726. The minimum atomic E-state index is -3.42. The molecular formula is C18H29N3O3S. The van der Waals surface area contributed by atoms with E-state index >= 15 is 0 Å². The highest BCUT2D eigenvalue weighted by Gasteiger charge is 2.29. The van der Waals surface area contributed by atoms with Gasteiger partial charge in [-0.25, -0.2) is 8.42 Å². The van der Waals surface area contributed by atoms with Gasteiger partial charge in [-0.1, -0.05) is 0 Å². The van der Waals surface area contributed by atoms with E-state index in [0.29, 0.717) is 12.2 Å². The van der Waals surface area contributed by atoms with Crippen molar-refractivity contribution in [1.29, 1.82) is 0 Å². The Kier molecular flexibility index (Phi) is 6.32. The number of carbonyl (C=O) groups is 1. The molecule has 2 rings (SSSR count). The summed E-state index contributed by atoms with van der Waals surface area (Å²) in [6.45, 7) is 8.47. The lowest BCUT2D eigenvalue weighted by atomic mass is 10.1. The molecule has 25 heavy (non-hydrogen) atoms. The number of nitrogens with one attached hydrogen (secondary N) is 1. The zero-order valence-electron chi connectivity index (χ0n) is 15.6. The maximum Gasteiger partial charge on any atom is 0.232 e. The molecule has 7 heteroatoms. The van der Waals surface area contributed by atoms with Crippen molar-refractivity contribution >= 4 is 27.3 Å². The zero-order valence-corrected chi connectivity index (χ0v) is 16.4. The van der Waals surface area contributed by atoms with Gasteiger partial charge in [-0.2, -0.15) is 0 Å². The third-order valence-electron chi connectivity index (χ3n) is 4.54. The summed E-state index contributed by atoms with van der Waals surface area (Å²) in [4.78, 5) is 14.0. The van der Waals surface area contributed by atoms with Gasteiger partial charge in [0.15, 0.2) is 0 Å². The SMILES string of the molecule is CCN(CC)c1ccc(N(CCNC(=O)C2CC2)S(C)(=O)=O)c(C)c1. The molecule has 6 nitrogen and oxygen atoms in total. The third-order valence-corrected chi connectivity index (χ3v) is 5.72. The van der Waals surface area contributed by atoms with Crippen LogP contribution in [0.25, 0.3) is 0 Å². The Morgan fingerprint density at radius 1 is 1.24 bits per heavy atom. The van der Waals surface area contributed by atoms with Crippen LogP contribution in [-0.4, -0.2) is 46.8 Å². The first-order valence-corrected chi connectivity index (χ1v) is 10.7. The predicted molar refractivity (Wildman–Crippen MR) is 103 cm³/mol. The van der Waals surface area contributed by atoms with Crippen molar-refractivity contribution in [2.75, 3.05) is 41.6 Å². The van der Waals surface area contributed by atoms with E-state index < -0.39 is 10.0 Å². The molecule has 1 saturated carbocycles. The van der Waals surface area contributed by atoms with Crippen molar-refractivity contribution in [1.82, 2.24) is 5.32 Å². The smallest absolute Gasteiger partial charge is 0.232 e. The molecule has 0 spiro atoms. The Bertz CT molecular complexity index is 710. The first-order chi connectivity index (χ1) is 11.8. The van der Waals surface area contributed by atoms with Crippen LogP contribution in [0, 0.1) is 12.8 Å².